The second-order valence-electron chi connectivity index (χ2n) is 5.80. The number of hydrogen-bond acceptors (Lipinski definition) is 4. The van der Waals surface area contributed by atoms with E-state index in [4.69, 9.17) is 4.42 Å². The number of aryl methyl sites for hydroxylation is 1. The summed E-state index contributed by atoms with van der Waals surface area (Å²) in [5.74, 6) is -0.654. The van der Waals surface area contributed by atoms with Crippen LogP contribution in [0.15, 0.2) is 57.7 Å². The topological polar surface area (TPSA) is 81.3 Å². The van der Waals surface area contributed by atoms with Crippen LogP contribution in [0.4, 0.5) is 5.69 Å². The molecule has 0 saturated heterocycles. The lowest BCUT2D eigenvalue weighted by molar-refractivity contribution is 0.528. The van der Waals surface area contributed by atoms with Gasteiger partial charge in [-0.2, -0.15) is 0 Å². The maximum atomic E-state index is 12.4. The number of nitrogens with zero attached hydrogens (tertiary/aromatic N) is 1. The van der Waals surface area contributed by atoms with Crippen LogP contribution in [0.25, 0.3) is 11.1 Å². The van der Waals surface area contributed by atoms with Gasteiger partial charge in [0, 0.05) is 13.1 Å². The van der Waals surface area contributed by atoms with Crippen molar-refractivity contribution in [2.75, 3.05) is 10.5 Å². The predicted octanol–water partition coefficient (Wildman–Crippen LogP) is 2.68. The zero-order chi connectivity index (χ0) is 17.3. The summed E-state index contributed by atoms with van der Waals surface area (Å²) in [6.07, 6.45) is 0. The smallest absolute Gasteiger partial charge is 0.408 e. The average molecular weight is 346 g/mol. The van der Waals surface area contributed by atoms with Crippen LogP contribution in [0.1, 0.15) is 18.4 Å². The molecule has 0 bridgehead atoms. The Hall–Kier alpha value is -2.54. The van der Waals surface area contributed by atoms with Crippen LogP contribution in [0.5, 0.6) is 0 Å². The summed E-state index contributed by atoms with van der Waals surface area (Å²) in [6, 6.07) is 14.3. The van der Waals surface area contributed by atoms with Gasteiger partial charge in [-0.1, -0.05) is 37.3 Å². The van der Waals surface area contributed by atoms with Crippen molar-refractivity contribution in [1.82, 2.24) is 4.57 Å². The van der Waals surface area contributed by atoms with Gasteiger partial charge in [0.2, 0.25) is 10.0 Å². The van der Waals surface area contributed by atoms with Crippen LogP contribution in [-0.4, -0.2) is 18.7 Å². The van der Waals surface area contributed by atoms with Gasteiger partial charge in [0.05, 0.1) is 17.0 Å². The summed E-state index contributed by atoms with van der Waals surface area (Å²) in [6.45, 7) is 1.87. The van der Waals surface area contributed by atoms with E-state index in [0.29, 0.717) is 16.8 Å². The lowest BCUT2D eigenvalue weighted by Gasteiger charge is -2.13. The molecule has 0 aliphatic heterocycles. The molecule has 0 fully saturated rings. The Morgan fingerprint density at radius 2 is 1.88 bits per heavy atom. The summed E-state index contributed by atoms with van der Waals surface area (Å²) in [7, 11) is -1.93. The monoisotopic (exact) mass is 346 g/mol. The highest BCUT2D eigenvalue weighted by Gasteiger charge is 2.18. The van der Waals surface area contributed by atoms with E-state index >= 15 is 0 Å². The number of oxazole rings is 1. The number of rotatable bonds is 5. The van der Waals surface area contributed by atoms with Gasteiger partial charge in [-0.25, -0.2) is 13.2 Å². The summed E-state index contributed by atoms with van der Waals surface area (Å²) in [5, 5.41) is 0. The third-order valence-corrected chi connectivity index (χ3v) is 5.39. The molecule has 0 spiro atoms. The van der Waals surface area contributed by atoms with Crippen molar-refractivity contribution in [3.05, 3.63) is 64.6 Å². The molecule has 1 N–H and O–H groups in total. The van der Waals surface area contributed by atoms with E-state index in [0.717, 1.165) is 5.56 Å². The highest BCUT2D eigenvalue weighted by atomic mass is 32.2. The fourth-order valence-corrected chi connectivity index (χ4v) is 4.05. The molecule has 6 nitrogen and oxygen atoms in total. The molecule has 0 saturated carbocycles. The Labute approximate surface area is 139 Å². The molecule has 1 heterocycles. The van der Waals surface area contributed by atoms with Gasteiger partial charge in [0.15, 0.2) is 5.58 Å². The molecular weight excluding hydrogens is 328 g/mol. The fraction of sp³-hybridized carbons (Fsp3) is 0.235. The van der Waals surface area contributed by atoms with Crippen LogP contribution in [0, 0.1) is 0 Å². The Morgan fingerprint density at radius 3 is 2.58 bits per heavy atom. The quantitative estimate of drug-likeness (QED) is 0.770. The normalized spacial score (nSPS) is 13.1. The van der Waals surface area contributed by atoms with Gasteiger partial charge in [0.1, 0.15) is 0 Å². The minimum atomic E-state index is -3.53. The van der Waals surface area contributed by atoms with Crippen molar-refractivity contribution >= 4 is 26.8 Å². The van der Waals surface area contributed by atoms with E-state index in [-0.39, 0.29) is 11.7 Å². The minimum Gasteiger partial charge on any atom is -0.408 e. The van der Waals surface area contributed by atoms with Crippen molar-refractivity contribution in [2.45, 2.75) is 12.8 Å². The summed E-state index contributed by atoms with van der Waals surface area (Å²) in [4.78, 5) is 11.5. The number of aromatic nitrogens is 1. The number of hydrogen-bond donors (Lipinski definition) is 1. The molecule has 0 aliphatic carbocycles. The number of benzene rings is 2. The van der Waals surface area contributed by atoms with Gasteiger partial charge < -0.3 is 4.42 Å². The van der Waals surface area contributed by atoms with Gasteiger partial charge in [-0.05, 0) is 23.6 Å². The van der Waals surface area contributed by atoms with Crippen LogP contribution >= 0.6 is 0 Å². The zero-order valence-electron chi connectivity index (χ0n) is 13.4. The van der Waals surface area contributed by atoms with Crippen LogP contribution in [0.2, 0.25) is 0 Å². The van der Waals surface area contributed by atoms with E-state index in [2.05, 4.69) is 4.72 Å². The van der Waals surface area contributed by atoms with Gasteiger partial charge >= 0.3 is 5.76 Å². The first-order chi connectivity index (χ1) is 11.4. The zero-order valence-corrected chi connectivity index (χ0v) is 14.2. The summed E-state index contributed by atoms with van der Waals surface area (Å²) in [5.41, 5.74) is 2.30. The second kappa shape index (κ2) is 6.16. The Balaban J connectivity index is 1.80. The van der Waals surface area contributed by atoms with E-state index in [9.17, 15) is 13.2 Å². The number of fused-ring (bicyclic) bond motifs is 1. The lowest BCUT2D eigenvalue weighted by Crippen LogP contribution is -2.20. The van der Waals surface area contributed by atoms with E-state index < -0.39 is 15.8 Å². The van der Waals surface area contributed by atoms with Crippen LogP contribution < -0.4 is 10.5 Å². The van der Waals surface area contributed by atoms with Crippen LogP contribution in [-0.2, 0) is 17.1 Å². The first-order valence-electron chi connectivity index (χ1n) is 7.51. The Kier molecular flexibility index (Phi) is 4.19. The molecule has 7 heteroatoms. The standard InChI is InChI=1S/C17H18N2O4S/c1-12(13-6-4-3-5-7-13)11-24(21,22)18-14-8-9-15-16(10-14)23-17(20)19(15)2/h3-10,12,18H,11H2,1-2H3. The van der Waals surface area contributed by atoms with Gasteiger partial charge in [0.25, 0.3) is 0 Å². The van der Waals surface area contributed by atoms with Crippen molar-refractivity contribution in [3.8, 4) is 0 Å². The largest absolute Gasteiger partial charge is 0.419 e. The molecule has 0 amide bonds. The van der Waals surface area contributed by atoms with Crippen molar-refractivity contribution < 1.29 is 12.8 Å². The molecule has 2 aromatic carbocycles. The lowest BCUT2D eigenvalue weighted by atomic mass is 10.0. The van der Waals surface area contributed by atoms with E-state index in [1.54, 1.807) is 19.2 Å². The first kappa shape index (κ1) is 16.3. The Morgan fingerprint density at radius 1 is 1.17 bits per heavy atom. The highest BCUT2D eigenvalue weighted by Crippen LogP contribution is 2.21. The van der Waals surface area contributed by atoms with Crippen LogP contribution in [0.3, 0.4) is 0 Å². The molecule has 1 unspecified atom stereocenters. The number of sulfonamides is 1. The molecular formula is C17H18N2O4S. The molecule has 1 atom stereocenters. The summed E-state index contributed by atoms with van der Waals surface area (Å²) < 4.78 is 33.8. The number of anilines is 1. The third-order valence-electron chi connectivity index (χ3n) is 3.90. The average Bonchev–Trinajstić information content (AvgIpc) is 2.81. The summed E-state index contributed by atoms with van der Waals surface area (Å²) >= 11 is 0. The predicted molar refractivity (Wildman–Crippen MR) is 93.7 cm³/mol. The Bertz CT molecular complexity index is 1020. The molecule has 24 heavy (non-hydrogen) atoms. The van der Waals surface area contributed by atoms with Gasteiger partial charge in [-0.3, -0.25) is 9.29 Å². The molecule has 3 aromatic rings. The maximum Gasteiger partial charge on any atom is 0.419 e. The second-order valence-corrected chi connectivity index (χ2v) is 7.57. The first-order valence-corrected chi connectivity index (χ1v) is 9.16. The maximum absolute atomic E-state index is 12.4. The minimum absolute atomic E-state index is 0.0339. The molecule has 0 aliphatic rings. The van der Waals surface area contributed by atoms with Crippen molar-refractivity contribution in [3.63, 3.8) is 0 Å². The SMILES string of the molecule is CC(CS(=O)(=O)Nc1ccc2c(c1)oc(=O)n2C)c1ccccc1. The fourth-order valence-electron chi connectivity index (χ4n) is 2.63. The molecule has 3 rings (SSSR count). The molecule has 1 aromatic heterocycles. The van der Waals surface area contributed by atoms with Crippen molar-refractivity contribution in [1.29, 1.82) is 0 Å². The molecule has 0 radical (unpaired) electrons. The van der Waals surface area contributed by atoms with Gasteiger partial charge in [-0.15, -0.1) is 0 Å². The van der Waals surface area contributed by atoms with Crippen molar-refractivity contribution in [2.24, 2.45) is 7.05 Å². The third kappa shape index (κ3) is 3.35. The molecule has 126 valence electrons. The van der Waals surface area contributed by atoms with E-state index in [1.165, 1.54) is 10.6 Å². The highest BCUT2D eigenvalue weighted by molar-refractivity contribution is 7.92. The van der Waals surface area contributed by atoms with E-state index in [1.807, 2.05) is 37.3 Å². The number of nitrogens with one attached hydrogen (secondary N) is 1.